The van der Waals surface area contributed by atoms with Gasteiger partial charge >= 0.3 is 0 Å². The number of nitrogens with zero attached hydrogens (tertiary/aromatic N) is 1. The zero-order valence-electron chi connectivity index (χ0n) is 10.9. The van der Waals surface area contributed by atoms with Gasteiger partial charge < -0.3 is 19.5 Å². The average Bonchev–Trinajstić information content (AvgIpc) is 2.26. The number of rotatable bonds is 9. The maximum Gasteiger partial charge on any atom is 0.127 e. The summed E-state index contributed by atoms with van der Waals surface area (Å²) in [7, 11) is 3.49. The van der Waals surface area contributed by atoms with Crippen LogP contribution in [0.4, 0.5) is 0 Å². The molecule has 0 aliphatic carbocycles. The van der Waals surface area contributed by atoms with Crippen molar-refractivity contribution in [3.05, 3.63) is 0 Å². The van der Waals surface area contributed by atoms with Gasteiger partial charge in [-0.2, -0.15) is 0 Å². The number of aliphatic hydroxyl groups excluding tert-OH is 1. The number of ether oxygens (including phenoxy) is 1. The molecule has 0 spiro atoms. The molecule has 0 aliphatic rings. The van der Waals surface area contributed by atoms with Crippen LogP contribution in [0, 0.1) is 5.41 Å². The monoisotopic (exact) mass is 231 g/mol. The Balaban J connectivity index is 4.19. The quantitative estimate of drug-likeness (QED) is 0.600. The van der Waals surface area contributed by atoms with Gasteiger partial charge in [0.2, 0.25) is 0 Å². The van der Waals surface area contributed by atoms with Gasteiger partial charge in [-0.25, -0.2) is 0 Å². The summed E-state index contributed by atoms with van der Waals surface area (Å²) in [6.45, 7) is 5.60. The van der Waals surface area contributed by atoms with Crippen LogP contribution in [0.3, 0.4) is 0 Å². The SMILES string of the molecule is CCC(C=O)(CC)CN(C)CC(O)COC. The van der Waals surface area contributed by atoms with Gasteiger partial charge in [-0.1, -0.05) is 13.8 Å². The number of aldehydes is 1. The highest BCUT2D eigenvalue weighted by molar-refractivity contribution is 5.59. The molecule has 96 valence electrons. The Kier molecular flexibility index (Phi) is 7.55. The Bertz CT molecular complexity index is 193. The van der Waals surface area contributed by atoms with E-state index >= 15 is 0 Å². The molecule has 4 heteroatoms. The number of hydrogen-bond acceptors (Lipinski definition) is 4. The fourth-order valence-electron chi connectivity index (χ4n) is 1.88. The Labute approximate surface area is 98.6 Å². The summed E-state index contributed by atoms with van der Waals surface area (Å²) in [6.07, 6.45) is 2.22. The highest BCUT2D eigenvalue weighted by Gasteiger charge is 2.27. The van der Waals surface area contributed by atoms with Crippen LogP contribution in [0.2, 0.25) is 0 Å². The topological polar surface area (TPSA) is 49.8 Å². The van der Waals surface area contributed by atoms with Crippen molar-refractivity contribution in [1.29, 1.82) is 0 Å². The fourth-order valence-corrected chi connectivity index (χ4v) is 1.88. The lowest BCUT2D eigenvalue weighted by atomic mass is 9.83. The molecule has 16 heavy (non-hydrogen) atoms. The summed E-state index contributed by atoms with van der Waals surface area (Å²) in [6, 6.07) is 0. The number of methoxy groups -OCH3 is 1. The summed E-state index contributed by atoms with van der Waals surface area (Å²) in [4.78, 5) is 13.1. The van der Waals surface area contributed by atoms with Crippen molar-refractivity contribution < 1.29 is 14.6 Å². The first-order chi connectivity index (χ1) is 7.53. The van der Waals surface area contributed by atoms with Crippen LogP contribution in [0.25, 0.3) is 0 Å². The number of likely N-dealkylation sites (N-methyl/N-ethyl adjacent to an activating group) is 1. The van der Waals surface area contributed by atoms with Gasteiger partial charge in [0.1, 0.15) is 6.29 Å². The van der Waals surface area contributed by atoms with E-state index in [1.807, 2.05) is 25.8 Å². The van der Waals surface area contributed by atoms with Crippen molar-refractivity contribution in [3.63, 3.8) is 0 Å². The van der Waals surface area contributed by atoms with Crippen LogP contribution in [0.5, 0.6) is 0 Å². The van der Waals surface area contributed by atoms with Crippen LogP contribution >= 0.6 is 0 Å². The second kappa shape index (κ2) is 7.76. The normalized spacial score (nSPS) is 14.1. The number of carbonyl (C=O) groups excluding carboxylic acids is 1. The molecule has 1 atom stereocenters. The standard InChI is InChI=1S/C12H25NO3/c1-5-12(6-2,10-14)9-13(3)7-11(15)8-16-4/h10-11,15H,5-9H2,1-4H3. The summed E-state index contributed by atoms with van der Waals surface area (Å²) in [5, 5.41) is 9.58. The minimum atomic E-state index is -0.493. The van der Waals surface area contributed by atoms with Crippen molar-refractivity contribution >= 4 is 6.29 Å². The molecular formula is C12H25NO3. The summed E-state index contributed by atoms with van der Waals surface area (Å²) < 4.78 is 4.87. The molecule has 0 aromatic heterocycles. The highest BCUT2D eigenvalue weighted by Crippen LogP contribution is 2.24. The lowest BCUT2D eigenvalue weighted by molar-refractivity contribution is -0.117. The molecule has 4 nitrogen and oxygen atoms in total. The van der Waals surface area contributed by atoms with E-state index in [2.05, 4.69) is 0 Å². The minimum Gasteiger partial charge on any atom is -0.389 e. The molecular weight excluding hydrogens is 206 g/mol. The van der Waals surface area contributed by atoms with Gasteiger partial charge in [0.05, 0.1) is 12.7 Å². The largest absolute Gasteiger partial charge is 0.389 e. The molecule has 0 aromatic carbocycles. The van der Waals surface area contributed by atoms with Gasteiger partial charge in [0, 0.05) is 25.6 Å². The molecule has 1 N–H and O–H groups in total. The molecule has 1 unspecified atom stereocenters. The van der Waals surface area contributed by atoms with E-state index in [-0.39, 0.29) is 5.41 Å². The Morgan fingerprint density at radius 1 is 1.44 bits per heavy atom. The van der Waals surface area contributed by atoms with Crippen molar-refractivity contribution in [2.75, 3.05) is 33.9 Å². The third-order valence-electron chi connectivity index (χ3n) is 3.12. The highest BCUT2D eigenvalue weighted by atomic mass is 16.5. The number of hydrogen-bond donors (Lipinski definition) is 1. The van der Waals surface area contributed by atoms with Crippen molar-refractivity contribution in [2.24, 2.45) is 5.41 Å². The number of carbonyl (C=O) groups is 1. The summed E-state index contributed by atoms with van der Waals surface area (Å²) in [5.41, 5.74) is -0.276. The van der Waals surface area contributed by atoms with Crippen molar-refractivity contribution in [2.45, 2.75) is 32.8 Å². The first-order valence-electron chi connectivity index (χ1n) is 5.85. The predicted molar refractivity (Wildman–Crippen MR) is 64.5 cm³/mol. The predicted octanol–water partition coefficient (Wildman–Crippen LogP) is 0.931. The van der Waals surface area contributed by atoms with E-state index in [9.17, 15) is 9.90 Å². The van der Waals surface area contributed by atoms with E-state index in [1.165, 1.54) is 0 Å². The molecule has 0 aromatic rings. The Morgan fingerprint density at radius 3 is 2.38 bits per heavy atom. The van der Waals surface area contributed by atoms with E-state index in [1.54, 1.807) is 7.11 Å². The van der Waals surface area contributed by atoms with E-state index in [0.717, 1.165) is 19.1 Å². The molecule has 0 saturated carbocycles. The zero-order chi connectivity index (χ0) is 12.6. The number of aliphatic hydroxyl groups is 1. The maximum absolute atomic E-state index is 11.1. The van der Waals surface area contributed by atoms with E-state index in [0.29, 0.717) is 19.7 Å². The van der Waals surface area contributed by atoms with Crippen molar-refractivity contribution in [1.82, 2.24) is 4.90 Å². The van der Waals surface area contributed by atoms with Gasteiger partial charge in [0.25, 0.3) is 0 Å². The summed E-state index contributed by atoms with van der Waals surface area (Å²) in [5.74, 6) is 0. The van der Waals surface area contributed by atoms with Gasteiger partial charge in [-0.05, 0) is 19.9 Å². The third kappa shape index (κ3) is 5.05. The second-order valence-corrected chi connectivity index (χ2v) is 4.49. The molecule has 0 fully saturated rings. The molecule has 0 heterocycles. The van der Waals surface area contributed by atoms with Crippen molar-refractivity contribution in [3.8, 4) is 0 Å². The third-order valence-corrected chi connectivity index (χ3v) is 3.12. The lowest BCUT2D eigenvalue weighted by Gasteiger charge is -2.31. The molecule has 0 saturated heterocycles. The van der Waals surface area contributed by atoms with E-state index in [4.69, 9.17) is 4.74 Å². The zero-order valence-corrected chi connectivity index (χ0v) is 10.9. The van der Waals surface area contributed by atoms with Crippen LogP contribution in [-0.2, 0) is 9.53 Å². The Morgan fingerprint density at radius 2 is 2.00 bits per heavy atom. The fraction of sp³-hybridized carbons (Fsp3) is 0.917. The smallest absolute Gasteiger partial charge is 0.127 e. The van der Waals surface area contributed by atoms with Crippen LogP contribution in [0.15, 0.2) is 0 Å². The first-order valence-corrected chi connectivity index (χ1v) is 5.85. The summed E-state index contributed by atoms with van der Waals surface area (Å²) >= 11 is 0. The molecule has 0 radical (unpaired) electrons. The van der Waals surface area contributed by atoms with E-state index < -0.39 is 6.10 Å². The average molecular weight is 231 g/mol. The van der Waals surface area contributed by atoms with Crippen LogP contribution < -0.4 is 0 Å². The van der Waals surface area contributed by atoms with Gasteiger partial charge in [-0.3, -0.25) is 0 Å². The molecule has 0 amide bonds. The van der Waals surface area contributed by atoms with Crippen LogP contribution in [0.1, 0.15) is 26.7 Å². The Hall–Kier alpha value is -0.450. The molecule has 0 aliphatic heterocycles. The first kappa shape index (κ1) is 15.6. The van der Waals surface area contributed by atoms with Gasteiger partial charge in [0.15, 0.2) is 0 Å². The van der Waals surface area contributed by atoms with Gasteiger partial charge in [-0.15, -0.1) is 0 Å². The molecule has 0 bridgehead atoms. The second-order valence-electron chi connectivity index (χ2n) is 4.49. The van der Waals surface area contributed by atoms with Crippen LogP contribution in [-0.4, -0.2) is 56.3 Å². The maximum atomic E-state index is 11.1. The minimum absolute atomic E-state index is 0.276. The molecule has 0 rings (SSSR count). The lowest BCUT2D eigenvalue weighted by Crippen LogP contribution is -2.40.